The van der Waals surface area contributed by atoms with Gasteiger partial charge in [0.2, 0.25) is 0 Å². The lowest BCUT2D eigenvalue weighted by Gasteiger charge is -2.49. The normalized spacial score (nSPS) is 28.3. The Morgan fingerprint density at radius 3 is 2.55 bits per heavy atom. The zero-order chi connectivity index (χ0) is 20.1. The minimum Gasteiger partial charge on any atom is -0.494 e. The molecule has 0 N–H and O–H groups in total. The number of rotatable bonds is 5. The summed E-state index contributed by atoms with van der Waals surface area (Å²) < 4.78 is 19.9. The molecule has 1 amide bonds. The molecule has 2 saturated heterocycles. The topological polar surface area (TPSA) is 32.8 Å². The van der Waals surface area contributed by atoms with E-state index in [0.717, 1.165) is 31.9 Å². The summed E-state index contributed by atoms with van der Waals surface area (Å²) in [6.07, 6.45) is 6.82. The van der Waals surface area contributed by atoms with Crippen LogP contribution in [0.5, 0.6) is 5.75 Å². The summed E-state index contributed by atoms with van der Waals surface area (Å²) in [4.78, 5) is 16.7. The Morgan fingerprint density at radius 1 is 1.14 bits per heavy atom. The van der Waals surface area contributed by atoms with Crippen molar-refractivity contribution >= 4 is 5.91 Å². The Kier molecular flexibility index (Phi) is 4.84. The standard InChI is InChI=1S/C24H33FN2O2/c1-2-29-21-6-4-3-5-20(21)18-8-13-26(14-9-18)19-7-10-23(15-19)16-27(17-23)22(28)24(25)11-12-24/h3-6,18-19H,2,7-17H2,1H3/t19-/m1/s1. The van der Waals surface area contributed by atoms with Gasteiger partial charge < -0.3 is 14.5 Å². The van der Waals surface area contributed by atoms with Crippen LogP contribution in [0.3, 0.4) is 0 Å². The van der Waals surface area contributed by atoms with Gasteiger partial charge in [-0.3, -0.25) is 4.79 Å². The van der Waals surface area contributed by atoms with Crippen molar-refractivity contribution in [3.8, 4) is 5.75 Å². The van der Waals surface area contributed by atoms with E-state index in [2.05, 4.69) is 29.2 Å². The largest absolute Gasteiger partial charge is 0.494 e. The molecule has 1 aromatic rings. The number of alkyl halides is 1. The molecule has 158 valence electrons. The average Bonchev–Trinajstić information content (AvgIpc) is 3.31. The van der Waals surface area contributed by atoms with E-state index in [4.69, 9.17) is 4.74 Å². The molecule has 0 bridgehead atoms. The van der Waals surface area contributed by atoms with E-state index in [9.17, 15) is 9.18 Å². The predicted octanol–water partition coefficient (Wildman–Crippen LogP) is 4.15. The Labute approximate surface area is 173 Å². The van der Waals surface area contributed by atoms with Crippen LogP contribution in [0.15, 0.2) is 24.3 Å². The van der Waals surface area contributed by atoms with E-state index < -0.39 is 5.67 Å². The molecule has 1 aromatic carbocycles. The van der Waals surface area contributed by atoms with Crippen LogP contribution in [0.1, 0.15) is 63.4 Å². The van der Waals surface area contributed by atoms with Gasteiger partial charge in [0.05, 0.1) is 6.61 Å². The molecule has 2 heterocycles. The minimum absolute atomic E-state index is 0.236. The highest BCUT2D eigenvalue weighted by Gasteiger charge is 2.58. The fourth-order valence-corrected chi connectivity index (χ4v) is 5.97. The second-order valence-corrected chi connectivity index (χ2v) is 9.80. The van der Waals surface area contributed by atoms with Gasteiger partial charge in [0, 0.05) is 24.5 Å². The lowest BCUT2D eigenvalue weighted by atomic mass is 9.77. The SMILES string of the molecule is CCOc1ccccc1C1CCN([C@@H]2CCC3(C2)CN(C(=O)C2(F)CC2)C3)CC1. The number of piperidine rings is 1. The highest BCUT2D eigenvalue weighted by atomic mass is 19.1. The molecule has 4 aliphatic rings. The highest BCUT2D eigenvalue weighted by molar-refractivity contribution is 5.88. The van der Waals surface area contributed by atoms with Gasteiger partial charge in [-0.05, 0) is 82.5 Å². The molecule has 4 nitrogen and oxygen atoms in total. The van der Waals surface area contributed by atoms with E-state index in [1.165, 1.54) is 37.7 Å². The van der Waals surface area contributed by atoms with Gasteiger partial charge in [0.15, 0.2) is 5.67 Å². The lowest BCUT2D eigenvalue weighted by molar-refractivity contribution is -0.150. The number of benzene rings is 1. The molecule has 0 radical (unpaired) electrons. The number of para-hydroxylation sites is 1. The van der Waals surface area contributed by atoms with Crippen LogP contribution in [-0.2, 0) is 4.79 Å². The van der Waals surface area contributed by atoms with E-state index in [-0.39, 0.29) is 11.3 Å². The second-order valence-electron chi connectivity index (χ2n) is 9.80. The Hall–Kier alpha value is -1.62. The predicted molar refractivity (Wildman–Crippen MR) is 111 cm³/mol. The Balaban J connectivity index is 1.14. The third-order valence-electron chi connectivity index (χ3n) is 7.79. The van der Waals surface area contributed by atoms with Gasteiger partial charge in [-0.15, -0.1) is 0 Å². The number of likely N-dealkylation sites (tertiary alicyclic amines) is 2. The zero-order valence-electron chi connectivity index (χ0n) is 17.5. The fraction of sp³-hybridized carbons (Fsp3) is 0.708. The number of hydrogen-bond donors (Lipinski definition) is 0. The van der Waals surface area contributed by atoms with Crippen molar-refractivity contribution in [2.24, 2.45) is 5.41 Å². The fourth-order valence-electron chi connectivity index (χ4n) is 5.97. The van der Waals surface area contributed by atoms with Crippen molar-refractivity contribution in [2.45, 2.75) is 69.5 Å². The summed E-state index contributed by atoms with van der Waals surface area (Å²) in [5.74, 6) is 1.40. The highest BCUT2D eigenvalue weighted by Crippen LogP contribution is 2.51. The molecule has 1 atom stereocenters. The number of nitrogens with zero attached hydrogens (tertiary/aromatic N) is 2. The first-order valence-electron chi connectivity index (χ1n) is 11.5. The first-order chi connectivity index (χ1) is 14.0. The molecule has 0 aromatic heterocycles. The Bertz CT molecular complexity index is 764. The van der Waals surface area contributed by atoms with Crippen LogP contribution < -0.4 is 4.74 Å². The molecule has 1 spiro atoms. The van der Waals surface area contributed by atoms with E-state index in [1.54, 1.807) is 4.90 Å². The summed E-state index contributed by atoms with van der Waals surface area (Å²) in [5, 5.41) is 0. The second kappa shape index (κ2) is 7.26. The van der Waals surface area contributed by atoms with Gasteiger partial charge >= 0.3 is 0 Å². The quantitative estimate of drug-likeness (QED) is 0.744. The third kappa shape index (κ3) is 3.56. The van der Waals surface area contributed by atoms with Gasteiger partial charge in [-0.1, -0.05) is 18.2 Å². The van der Waals surface area contributed by atoms with Crippen molar-refractivity contribution < 1.29 is 13.9 Å². The monoisotopic (exact) mass is 400 g/mol. The smallest absolute Gasteiger partial charge is 0.260 e. The molecular weight excluding hydrogens is 367 g/mol. The van der Waals surface area contributed by atoms with Crippen LogP contribution in [0.25, 0.3) is 0 Å². The summed E-state index contributed by atoms with van der Waals surface area (Å²) in [5.41, 5.74) is 0.133. The van der Waals surface area contributed by atoms with Gasteiger partial charge in [0.1, 0.15) is 5.75 Å². The molecule has 29 heavy (non-hydrogen) atoms. The lowest BCUT2D eigenvalue weighted by Crippen LogP contribution is -2.60. The van der Waals surface area contributed by atoms with Crippen LogP contribution in [0, 0.1) is 5.41 Å². The average molecular weight is 401 g/mol. The number of hydrogen-bond acceptors (Lipinski definition) is 3. The van der Waals surface area contributed by atoms with E-state index >= 15 is 0 Å². The van der Waals surface area contributed by atoms with Crippen molar-refractivity contribution in [3.05, 3.63) is 29.8 Å². The van der Waals surface area contributed by atoms with Crippen molar-refractivity contribution in [1.82, 2.24) is 9.80 Å². The van der Waals surface area contributed by atoms with Crippen LogP contribution in [0.2, 0.25) is 0 Å². The number of halogens is 1. The minimum atomic E-state index is -1.50. The maximum absolute atomic E-state index is 14.1. The van der Waals surface area contributed by atoms with Gasteiger partial charge in [0.25, 0.3) is 5.91 Å². The van der Waals surface area contributed by atoms with Crippen molar-refractivity contribution in [3.63, 3.8) is 0 Å². The van der Waals surface area contributed by atoms with Gasteiger partial charge in [-0.2, -0.15) is 0 Å². The van der Waals surface area contributed by atoms with E-state index in [0.29, 0.717) is 31.4 Å². The molecule has 2 saturated carbocycles. The summed E-state index contributed by atoms with van der Waals surface area (Å²) in [6.45, 7) is 6.61. The molecular formula is C24H33FN2O2. The molecule has 2 aliphatic carbocycles. The number of ether oxygens (including phenoxy) is 1. The maximum Gasteiger partial charge on any atom is 0.260 e. The van der Waals surface area contributed by atoms with Crippen LogP contribution in [-0.4, -0.2) is 60.2 Å². The van der Waals surface area contributed by atoms with Crippen molar-refractivity contribution in [1.29, 1.82) is 0 Å². The molecule has 0 unspecified atom stereocenters. The summed E-state index contributed by atoms with van der Waals surface area (Å²) >= 11 is 0. The number of amides is 1. The summed E-state index contributed by atoms with van der Waals surface area (Å²) in [7, 11) is 0. The zero-order valence-corrected chi connectivity index (χ0v) is 17.5. The first-order valence-corrected chi connectivity index (χ1v) is 11.5. The molecule has 5 heteroatoms. The van der Waals surface area contributed by atoms with Crippen molar-refractivity contribution in [2.75, 3.05) is 32.8 Å². The van der Waals surface area contributed by atoms with E-state index in [1.807, 2.05) is 6.92 Å². The molecule has 4 fully saturated rings. The van der Waals surface area contributed by atoms with Crippen LogP contribution in [0.4, 0.5) is 4.39 Å². The van der Waals surface area contributed by atoms with Gasteiger partial charge in [-0.25, -0.2) is 4.39 Å². The molecule has 5 rings (SSSR count). The summed E-state index contributed by atoms with van der Waals surface area (Å²) in [6, 6.07) is 9.14. The maximum atomic E-state index is 14.1. The number of carbonyl (C=O) groups is 1. The number of carbonyl (C=O) groups excluding carboxylic acids is 1. The first kappa shape index (κ1) is 19.3. The Morgan fingerprint density at radius 2 is 1.86 bits per heavy atom. The van der Waals surface area contributed by atoms with Crippen LogP contribution >= 0.6 is 0 Å². The molecule has 2 aliphatic heterocycles. The third-order valence-corrected chi connectivity index (χ3v) is 7.79.